The van der Waals surface area contributed by atoms with Crippen LogP contribution in [0, 0.1) is 6.92 Å². The van der Waals surface area contributed by atoms with Gasteiger partial charge in [-0.15, -0.1) is 0 Å². The normalized spacial score (nSPS) is 10.9. The Bertz CT molecular complexity index is 1250. The number of hydrogen-bond acceptors (Lipinski definition) is 5. The summed E-state index contributed by atoms with van der Waals surface area (Å²) >= 11 is 3.40. The number of aryl methyl sites for hydroxylation is 1. The maximum absolute atomic E-state index is 12.2. The summed E-state index contributed by atoms with van der Waals surface area (Å²) in [6.45, 7) is 7.95. The number of rotatable bonds is 9. The number of anilines is 2. The predicted octanol–water partition coefficient (Wildman–Crippen LogP) is 6.75. The van der Waals surface area contributed by atoms with Gasteiger partial charge in [0.05, 0.1) is 6.42 Å². The highest BCUT2D eigenvalue weighted by Gasteiger charge is 2.14. The molecule has 8 heteroatoms. The molecule has 0 aliphatic carbocycles. The molecule has 2 N–H and O–H groups in total. The average Bonchev–Trinajstić information content (AvgIpc) is 2.85. The van der Waals surface area contributed by atoms with E-state index in [0.29, 0.717) is 17.1 Å². The van der Waals surface area contributed by atoms with Crippen LogP contribution in [0.1, 0.15) is 44.7 Å². The van der Waals surface area contributed by atoms with Gasteiger partial charge in [0.25, 0.3) is 5.91 Å². The lowest BCUT2D eigenvalue weighted by atomic mass is 9.87. The molecule has 0 saturated carbocycles. The molecule has 0 spiro atoms. The van der Waals surface area contributed by atoms with E-state index in [4.69, 9.17) is 9.47 Å². The molecular weight excluding hydrogens is 536 g/mol. The van der Waals surface area contributed by atoms with Crippen LogP contribution in [0.25, 0.3) is 0 Å². The van der Waals surface area contributed by atoms with Crippen molar-refractivity contribution in [3.8, 4) is 11.5 Å². The molecule has 0 atom stereocenters. The van der Waals surface area contributed by atoms with Gasteiger partial charge in [0, 0.05) is 22.3 Å². The highest BCUT2D eigenvalue weighted by atomic mass is 79.9. The van der Waals surface area contributed by atoms with E-state index in [-0.39, 0.29) is 24.2 Å². The molecule has 0 fully saturated rings. The zero-order valence-electron chi connectivity index (χ0n) is 21.4. The zero-order valence-corrected chi connectivity index (χ0v) is 23.0. The van der Waals surface area contributed by atoms with Gasteiger partial charge in [-0.05, 0) is 78.1 Å². The van der Waals surface area contributed by atoms with Crippen LogP contribution in [0.2, 0.25) is 0 Å². The summed E-state index contributed by atoms with van der Waals surface area (Å²) in [7, 11) is 0. The van der Waals surface area contributed by atoms with E-state index in [2.05, 4.69) is 47.3 Å². The van der Waals surface area contributed by atoms with Gasteiger partial charge in [-0.1, -0.05) is 48.8 Å². The first-order chi connectivity index (χ1) is 17.5. The van der Waals surface area contributed by atoms with Gasteiger partial charge in [0.15, 0.2) is 6.61 Å². The SMILES string of the molecule is Cc1cc(NC(=O)COC(=O)CCC(=O)Nc2ccc(Oc3ccc(C(C)(C)C)cc3)cc2)ccc1Br. The second-order valence-electron chi connectivity index (χ2n) is 9.62. The maximum Gasteiger partial charge on any atom is 0.306 e. The van der Waals surface area contributed by atoms with Gasteiger partial charge < -0.3 is 20.1 Å². The van der Waals surface area contributed by atoms with E-state index >= 15 is 0 Å². The number of carbonyl (C=O) groups excluding carboxylic acids is 3. The quantitative estimate of drug-likeness (QED) is 0.279. The summed E-state index contributed by atoms with van der Waals surface area (Å²) in [4.78, 5) is 36.2. The maximum atomic E-state index is 12.2. The first-order valence-electron chi connectivity index (χ1n) is 11.9. The van der Waals surface area contributed by atoms with Crippen molar-refractivity contribution in [2.45, 2.75) is 46.0 Å². The number of esters is 1. The Balaban J connectivity index is 1.38. The molecule has 0 aliphatic rings. The van der Waals surface area contributed by atoms with Crippen LogP contribution in [0.15, 0.2) is 71.2 Å². The van der Waals surface area contributed by atoms with Gasteiger partial charge in [-0.2, -0.15) is 0 Å². The first kappa shape index (κ1) is 27.9. The van der Waals surface area contributed by atoms with Crippen molar-refractivity contribution in [2.75, 3.05) is 17.2 Å². The van der Waals surface area contributed by atoms with Crippen LogP contribution in [-0.4, -0.2) is 24.4 Å². The molecular formula is C29H31BrN2O5. The van der Waals surface area contributed by atoms with E-state index in [1.165, 1.54) is 5.56 Å². The van der Waals surface area contributed by atoms with Gasteiger partial charge in [0.2, 0.25) is 5.91 Å². The Kier molecular flexibility index (Phi) is 9.47. The molecule has 0 aliphatic heterocycles. The lowest BCUT2D eigenvalue weighted by Crippen LogP contribution is -2.21. The topological polar surface area (TPSA) is 93.7 Å². The molecule has 3 rings (SSSR count). The number of carbonyl (C=O) groups is 3. The van der Waals surface area contributed by atoms with E-state index in [1.54, 1.807) is 36.4 Å². The molecule has 0 bridgehead atoms. The Morgan fingerprint density at radius 2 is 1.35 bits per heavy atom. The van der Waals surface area contributed by atoms with Crippen molar-refractivity contribution >= 4 is 45.1 Å². The largest absolute Gasteiger partial charge is 0.457 e. The molecule has 0 radical (unpaired) electrons. The van der Waals surface area contributed by atoms with Gasteiger partial charge in [-0.3, -0.25) is 14.4 Å². The van der Waals surface area contributed by atoms with Crippen LogP contribution in [-0.2, 0) is 24.5 Å². The Morgan fingerprint density at radius 1 is 0.784 bits per heavy atom. The third-order valence-corrected chi connectivity index (χ3v) is 6.35. The third-order valence-electron chi connectivity index (χ3n) is 5.46. The van der Waals surface area contributed by atoms with Gasteiger partial charge in [0.1, 0.15) is 11.5 Å². The number of benzene rings is 3. The van der Waals surface area contributed by atoms with E-state index < -0.39 is 18.5 Å². The second-order valence-corrected chi connectivity index (χ2v) is 10.5. The van der Waals surface area contributed by atoms with Crippen LogP contribution in [0.4, 0.5) is 11.4 Å². The Morgan fingerprint density at radius 3 is 1.95 bits per heavy atom. The summed E-state index contributed by atoms with van der Waals surface area (Å²) < 4.78 is 11.8. The minimum Gasteiger partial charge on any atom is -0.457 e. The minimum absolute atomic E-state index is 0.0647. The van der Waals surface area contributed by atoms with Crippen molar-refractivity contribution in [3.05, 3.63) is 82.3 Å². The summed E-state index contributed by atoms with van der Waals surface area (Å²) in [5.74, 6) is -0.0470. The molecule has 37 heavy (non-hydrogen) atoms. The monoisotopic (exact) mass is 566 g/mol. The lowest BCUT2D eigenvalue weighted by Gasteiger charge is -2.19. The number of ether oxygens (including phenoxy) is 2. The van der Waals surface area contributed by atoms with Crippen molar-refractivity contribution in [3.63, 3.8) is 0 Å². The zero-order chi connectivity index (χ0) is 27.0. The predicted molar refractivity (Wildman–Crippen MR) is 148 cm³/mol. The number of nitrogens with one attached hydrogen (secondary N) is 2. The Hall–Kier alpha value is -3.65. The average molecular weight is 567 g/mol. The highest BCUT2D eigenvalue weighted by molar-refractivity contribution is 9.10. The van der Waals surface area contributed by atoms with Crippen LogP contribution >= 0.6 is 15.9 Å². The molecule has 0 saturated heterocycles. The first-order valence-corrected chi connectivity index (χ1v) is 12.7. The molecule has 0 unspecified atom stereocenters. The number of hydrogen-bond donors (Lipinski definition) is 2. The summed E-state index contributed by atoms with van der Waals surface area (Å²) in [6.07, 6.45) is -0.201. The highest BCUT2D eigenvalue weighted by Crippen LogP contribution is 2.27. The van der Waals surface area contributed by atoms with E-state index in [9.17, 15) is 14.4 Å². The van der Waals surface area contributed by atoms with Crippen molar-refractivity contribution in [2.24, 2.45) is 0 Å². The summed E-state index contributed by atoms with van der Waals surface area (Å²) in [5.41, 5.74) is 3.45. The molecule has 2 amide bonds. The molecule has 3 aromatic rings. The molecule has 0 aromatic heterocycles. The van der Waals surface area contributed by atoms with E-state index in [1.807, 2.05) is 37.3 Å². The molecule has 0 heterocycles. The van der Waals surface area contributed by atoms with Crippen LogP contribution < -0.4 is 15.4 Å². The summed E-state index contributed by atoms with van der Waals surface area (Å²) in [6, 6.07) is 20.3. The molecule has 3 aromatic carbocycles. The third kappa shape index (κ3) is 9.06. The van der Waals surface area contributed by atoms with Crippen LogP contribution in [0.5, 0.6) is 11.5 Å². The second kappa shape index (κ2) is 12.5. The molecule has 7 nitrogen and oxygen atoms in total. The van der Waals surface area contributed by atoms with E-state index in [0.717, 1.165) is 15.8 Å². The smallest absolute Gasteiger partial charge is 0.306 e. The van der Waals surface area contributed by atoms with Crippen LogP contribution in [0.3, 0.4) is 0 Å². The van der Waals surface area contributed by atoms with Gasteiger partial charge in [-0.25, -0.2) is 0 Å². The fourth-order valence-corrected chi connectivity index (χ4v) is 3.59. The number of halogens is 1. The molecule has 194 valence electrons. The minimum atomic E-state index is -0.626. The summed E-state index contributed by atoms with van der Waals surface area (Å²) in [5, 5.41) is 5.40. The lowest BCUT2D eigenvalue weighted by molar-refractivity contribution is -0.147. The van der Waals surface area contributed by atoms with Gasteiger partial charge >= 0.3 is 5.97 Å². The fourth-order valence-electron chi connectivity index (χ4n) is 3.34. The fraction of sp³-hybridized carbons (Fsp3) is 0.276. The van der Waals surface area contributed by atoms with Crippen molar-refractivity contribution in [1.29, 1.82) is 0 Å². The van der Waals surface area contributed by atoms with Crippen molar-refractivity contribution < 1.29 is 23.9 Å². The standard InChI is InChI=1S/C29H31BrN2O5/c1-19-17-22(9-14-25(19)30)32-27(34)18-36-28(35)16-15-26(33)31-21-7-12-24(13-8-21)37-23-10-5-20(6-11-23)29(2,3)4/h5-14,17H,15-16,18H2,1-4H3,(H,31,33)(H,32,34). The van der Waals surface area contributed by atoms with Crippen molar-refractivity contribution in [1.82, 2.24) is 0 Å². The number of amides is 2. The Labute approximate surface area is 225 Å².